The molecular formula is C17H23N3O2. The molecule has 1 aromatic heterocycles. The SMILES string of the molecule is COC(C(=O)NC(C)c1c(C)nn(C)c1C)c1ccccc1. The molecule has 0 fully saturated rings. The topological polar surface area (TPSA) is 56.1 Å². The summed E-state index contributed by atoms with van der Waals surface area (Å²) in [5, 5.41) is 7.42. The molecule has 22 heavy (non-hydrogen) atoms. The predicted octanol–water partition coefficient (Wildman–Crippen LogP) is 2.60. The van der Waals surface area contributed by atoms with E-state index in [0.29, 0.717) is 0 Å². The molecule has 0 aliphatic rings. The van der Waals surface area contributed by atoms with Gasteiger partial charge in [-0.25, -0.2) is 0 Å². The van der Waals surface area contributed by atoms with Crippen molar-refractivity contribution in [1.29, 1.82) is 0 Å². The summed E-state index contributed by atoms with van der Waals surface area (Å²) in [5.41, 5.74) is 3.88. The van der Waals surface area contributed by atoms with Gasteiger partial charge >= 0.3 is 0 Å². The zero-order chi connectivity index (χ0) is 16.3. The second-order valence-corrected chi connectivity index (χ2v) is 5.46. The number of nitrogens with one attached hydrogen (secondary N) is 1. The number of hydrogen-bond donors (Lipinski definition) is 1. The highest BCUT2D eigenvalue weighted by Crippen LogP contribution is 2.23. The highest BCUT2D eigenvalue weighted by molar-refractivity contribution is 5.82. The number of methoxy groups -OCH3 is 1. The zero-order valence-corrected chi connectivity index (χ0v) is 13.8. The van der Waals surface area contributed by atoms with Gasteiger partial charge in [0.15, 0.2) is 6.10 Å². The van der Waals surface area contributed by atoms with Crippen LogP contribution in [0, 0.1) is 13.8 Å². The standard InChI is InChI=1S/C17H23N3O2/c1-11(15-12(2)19-20(4)13(15)3)18-17(21)16(22-5)14-9-7-6-8-10-14/h6-11,16H,1-5H3,(H,18,21). The lowest BCUT2D eigenvalue weighted by Gasteiger charge is -2.20. The smallest absolute Gasteiger partial charge is 0.254 e. The van der Waals surface area contributed by atoms with E-state index in [2.05, 4.69) is 10.4 Å². The normalized spacial score (nSPS) is 13.7. The lowest BCUT2D eigenvalue weighted by Crippen LogP contribution is -2.33. The van der Waals surface area contributed by atoms with Crippen molar-refractivity contribution in [2.45, 2.75) is 32.9 Å². The number of carbonyl (C=O) groups excluding carboxylic acids is 1. The maximum atomic E-state index is 12.5. The second-order valence-electron chi connectivity index (χ2n) is 5.46. The average molecular weight is 301 g/mol. The monoisotopic (exact) mass is 301 g/mol. The van der Waals surface area contributed by atoms with E-state index in [0.717, 1.165) is 22.5 Å². The van der Waals surface area contributed by atoms with Gasteiger partial charge in [0.1, 0.15) is 0 Å². The Kier molecular flexibility index (Phi) is 4.98. The quantitative estimate of drug-likeness (QED) is 0.923. The Morgan fingerprint density at radius 2 is 1.91 bits per heavy atom. The molecule has 1 aromatic carbocycles. The number of aromatic nitrogens is 2. The van der Waals surface area contributed by atoms with E-state index in [9.17, 15) is 4.79 Å². The molecule has 1 amide bonds. The summed E-state index contributed by atoms with van der Waals surface area (Å²) in [6.07, 6.45) is -0.610. The molecule has 118 valence electrons. The Bertz CT molecular complexity index is 649. The van der Waals surface area contributed by atoms with Gasteiger partial charge in [0.25, 0.3) is 5.91 Å². The molecule has 2 unspecified atom stereocenters. The molecule has 0 aliphatic carbocycles. The summed E-state index contributed by atoms with van der Waals surface area (Å²) in [4.78, 5) is 12.5. The van der Waals surface area contributed by atoms with Crippen molar-refractivity contribution >= 4 is 5.91 Å². The Labute approximate surface area is 131 Å². The number of carbonyl (C=O) groups is 1. The minimum Gasteiger partial charge on any atom is -0.367 e. The molecule has 2 rings (SSSR count). The van der Waals surface area contributed by atoms with E-state index >= 15 is 0 Å². The fourth-order valence-electron chi connectivity index (χ4n) is 2.80. The lowest BCUT2D eigenvalue weighted by molar-refractivity contribution is -0.132. The first-order chi connectivity index (χ1) is 10.5. The summed E-state index contributed by atoms with van der Waals surface area (Å²) >= 11 is 0. The number of aryl methyl sites for hydroxylation is 2. The summed E-state index contributed by atoms with van der Waals surface area (Å²) in [7, 11) is 3.45. The van der Waals surface area contributed by atoms with Crippen LogP contribution in [-0.2, 0) is 16.6 Å². The molecule has 0 saturated heterocycles. The van der Waals surface area contributed by atoms with Crippen molar-refractivity contribution in [2.24, 2.45) is 7.05 Å². The maximum Gasteiger partial charge on any atom is 0.254 e. The fraction of sp³-hybridized carbons (Fsp3) is 0.412. The van der Waals surface area contributed by atoms with Gasteiger partial charge < -0.3 is 10.1 Å². The zero-order valence-electron chi connectivity index (χ0n) is 13.8. The van der Waals surface area contributed by atoms with Crippen LogP contribution in [0.15, 0.2) is 30.3 Å². The third kappa shape index (κ3) is 3.20. The first-order valence-corrected chi connectivity index (χ1v) is 7.34. The van der Waals surface area contributed by atoms with Crippen molar-refractivity contribution in [1.82, 2.24) is 15.1 Å². The first kappa shape index (κ1) is 16.2. The lowest BCUT2D eigenvalue weighted by atomic mass is 10.0. The molecule has 5 heteroatoms. The van der Waals surface area contributed by atoms with E-state index in [1.54, 1.807) is 7.11 Å². The minimum absolute atomic E-state index is 0.123. The van der Waals surface area contributed by atoms with Gasteiger partial charge in [-0.2, -0.15) is 5.10 Å². The number of amides is 1. The van der Waals surface area contributed by atoms with Gasteiger partial charge in [-0.15, -0.1) is 0 Å². The number of ether oxygens (including phenoxy) is 1. The molecule has 2 atom stereocenters. The summed E-state index contributed by atoms with van der Waals surface area (Å²) < 4.78 is 7.20. The molecule has 0 radical (unpaired) electrons. The molecule has 1 N–H and O–H groups in total. The van der Waals surface area contributed by atoms with Crippen LogP contribution in [0.25, 0.3) is 0 Å². The molecule has 5 nitrogen and oxygen atoms in total. The summed E-state index contributed by atoms with van der Waals surface area (Å²) in [6.45, 7) is 5.92. The van der Waals surface area contributed by atoms with Crippen LogP contribution >= 0.6 is 0 Å². The molecule has 0 spiro atoms. The third-order valence-corrected chi connectivity index (χ3v) is 3.93. The van der Waals surface area contributed by atoms with Crippen LogP contribution in [0.4, 0.5) is 0 Å². The molecule has 0 saturated carbocycles. The Morgan fingerprint density at radius 1 is 1.27 bits per heavy atom. The largest absolute Gasteiger partial charge is 0.367 e. The van der Waals surface area contributed by atoms with Crippen LogP contribution in [-0.4, -0.2) is 22.8 Å². The predicted molar refractivity (Wildman–Crippen MR) is 85.4 cm³/mol. The average Bonchev–Trinajstić information content (AvgIpc) is 2.74. The summed E-state index contributed by atoms with van der Waals surface area (Å²) in [6, 6.07) is 9.36. The van der Waals surface area contributed by atoms with Crippen LogP contribution in [0.2, 0.25) is 0 Å². The maximum absolute atomic E-state index is 12.5. The van der Waals surface area contributed by atoms with Crippen molar-refractivity contribution in [2.75, 3.05) is 7.11 Å². The van der Waals surface area contributed by atoms with E-state index in [-0.39, 0.29) is 11.9 Å². The molecule has 2 aromatic rings. The number of nitrogens with zero attached hydrogens (tertiary/aromatic N) is 2. The van der Waals surface area contributed by atoms with Crippen molar-refractivity contribution in [3.63, 3.8) is 0 Å². The third-order valence-electron chi connectivity index (χ3n) is 3.93. The number of hydrogen-bond acceptors (Lipinski definition) is 3. The highest BCUT2D eigenvalue weighted by Gasteiger charge is 2.24. The minimum atomic E-state index is -0.610. The van der Waals surface area contributed by atoms with Crippen LogP contribution in [0.1, 0.15) is 41.6 Å². The van der Waals surface area contributed by atoms with Gasteiger partial charge in [-0.05, 0) is 26.3 Å². The molecular weight excluding hydrogens is 278 g/mol. The fourth-order valence-corrected chi connectivity index (χ4v) is 2.80. The van der Waals surface area contributed by atoms with Gasteiger partial charge in [0.05, 0.1) is 11.7 Å². The number of rotatable bonds is 5. The Hall–Kier alpha value is -2.14. The molecule has 1 heterocycles. The van der Waals surface area contributed by atoms with Crippen molar-refractivity contribution < 1.29 is 9.53 Å². The second kappa shape index (κ2) is 6.75. The van der Waals surface area contributed by atoms with Crippen LogP contribution < -0.4 is 5.32 Å². The van der Waals surface area contributed by atoms with Crippen LogP contribution in [0.3, 0.4) is 0 Å². The van der Waals surface area contributed by atoms with Gasteiger partial charge in [0, 0.05) is 25.4 Å². The molecule has 0 bridgehead atoms. The van der Waals surface area contributed by atoms with Gasteiger partial charge in [-0.3, -0.25) is 9.48 Å². The number of benzene rings is 1. The molecule has 0 aliphatic heterocycles. The van der Waals surface area contributed by atoms with E-state index in [4.69, 9.17) is 4.74 Å². The highest BCUT2D eigenvalue weighted by atomic mass is 16.5. The van der Waals surface area contributed by atoms with Crippen molar-refractivity contribution in [3.8, 4) is 0 Å². The van der Waals surface area contributed by atoms with E-state index in [1.165, 1.54) is 0 Å². The van der Waals surface area contributed by atoms with Crippen LogP contribution in [0.5, 0.6) is 0 Å². The Balaban J connectivity index is 2.17. The van der Waals surface area contributed by atoms with Crippen molar-refractivity contribution in [3.05, 3.63) is 52.8 Å². The Morgan fingerprint density at radius 3 is 2.41 bits per heavy atom. The van der Waals surface area contributed by atoms with E-state index < -0.39 is 6.10 Å². The van der Waals surface area contributed by atoms with Gasteiger partial charge in [0.2, 0.25) is 0 Å². The first-order valence-electron chi connectivity index (χ1n) is 7.34. The summed E-state index contributed by atoms with van der Waals surface area (Å²) in [5.74, 6) is -0.149. The van der Waals surface area contributed by atoms with Gasteiger partial charge in [-0.1, -0.05) is 30.3 Å². The van der Waals surface area contributed by atoms with E-state index in [1.807, 2.05) is 62.8 Å².